The van der Waals surface area contributed by atoms with Crippen LogP contribution in [0, 0.1) is 17.5 Å². The molecule has 0 unspecified atom stereocenters. The SMILES string of the molecule is CCC(CC)n1cc(-c2c(-c3ccc(F)cc3)nc(N)n3nc(Cc4c(F)cccc4F)nc23)ccc1=O. The van der Waals surface area contributed by atoms with Gasteiger partial charge in [-0.05, 0) is 55.3 Å². The molecule has 0 amide bonds. The number of hydrogen-bond donors (Lipinski definition) is 1. The number of halogens is 3. The highest BCUT2D eigenvalue weighted by molar-refractivity contribution is 5.90. The van der Waals surface area contributed by atoms with Crippen LogP contribution in [0.15, 0.2) is 65.6 Å². The van der Waals surface area contributed by atoms with Gasteiger partial charge >= 0.3 is 0 Å². The van der Waals surface area contributed by atoms with Crippen molar-refractivity contribution in [1.29, 1.82) is 0 Å². The zero-order chi connectivity index (χ0) is 27.0. The van der Waals surface area contributed by atoms with Crippen molar-refractivity contribution in [2.24, 2.45) is 0 Å². The lowest BCUT2D eigenvalue weighted by Gasteiger charge is -2.18. The van der Waals surface area contributed by atoms with Crippen LogP contribution in [0.25, 0.3) is 28.0 Å². The standard InChI is InChI=1S/C28H25F3N6O/c1-3-19(4-2)36-15-17(10-13-24(36)38)25-26(16-8-11-18(29)12-9-16)34-28(32)37-27(25)33-23(35-37)14-20-21(30)6-5-7-22(20)31/h5-13,15,19H,3-4,14H2,1-2H3,(H2,32,34). The quantitative estimate of drug-likeness (QED) is 0.304. The van der Waals surface area contributed by atoms with Gasteiger partial charge < -0.3 is 10.3 Å². The van der Waals surface area contributed by atoms with Crippen molar-refractivity contribution in [3.8, 4) is 22.4 Å². The normalized spacial score (nSPS) is 11.5. The number of nitrogens with zero attached hydrogens (tertiary/aromatic N) is 5. The first-order valence-electron chi connectivity index (χ1n) is 12.3. The molecule has 10 heteroatoms. The summed E-state index contributed by atoms with van der Waals surface area (Å²) < 4.78 is 45.4. The van der Waals surface area contributed by atoms with Crippen LogP contribution < -0.4 is 11.3 Å². The molecule has 194 valence electrons. The molecule has 0 atom stereocenters. The van der Waals surface area contributed by atoms with Crippen molar-refractivity contribution in [2.75, 3.05) is 5.73 Å². The summed E-state index contributed by atoms with van der Waals surface area (Å²) >= 11 is 0. The molecule has 7 nitrogen and oxygen atoms in total. The van der Waals surface area contributed by atoms with Crippen molar-refractivity contribution in [2.45, 2.75) is 39.2 Å². The Labute approximate surface area is 216 Å². The van der Waals surface area contributed by atoms with Crippen LogP contribution in [-0.2, 0) is 6.42 Å². The number of pyridine rings is 1. The van der Waals surface area contributed by atoms with E-state index in [2.05, 4.69) is 15.1 Å². The average Bonchev–Trinajstić information content (AvgIpc) is 3.33. The molecule has 2 N–H and O–H groups in total. The molecule has 0 radical (unpaired) electrons. The minimum Gasteiger partial charge on any atom is -0.368 e. The smallest absolute Gasteiger partial charge is 0.250 e. The monoisotopic (exact) mass is 518 g/mol. The lowest BCUT2D eigenvalue weighted by molar-refractivity contribution is 0.459. The Bertz CT molecular complexity index is 1670. The molecule has 3 aromatic heterocycles. The minimum absolute atomic E-state index is 0.0101. The Morgan fingerprint density at radius 1 is 0.895 bits per heavy atom. The van der Waals surface area contributed by atoms with E-state index in [0.717, 1.165) is 12.8 Å². The average molecular weight is 519 g/mol. The molecule has 0 bridgehead atoms. The van der Waals surface area contributed by atoms with Crippen LogP contribution in [-0.4, -0.2) is 24.1 Å². The first kappa shape index (κ1) is 25.2. The topological polar surface area (TPSA) is 91.1 Å². The maximum absolute atomic E-state index is 14.4. The first-order chi connectivity index (χ1) is 18.3. The lowest BCUT2D eigenvalue weighted by atomic mass is 10.0. The summed E-state index contributed by atoms with van der Waals surface area (Å²) in [5.41, 5.74) is 8.31. The number of benzene rings is 2. The van der Waals surface area contributed by atoms with Gasteiger partial charge in [0.05, 0.1) is 11.3 Å². The van der Waals surface area contributed by atoms with E-state index in [1.54, 1.807) is 29.0 Å². The van der Waals surface area contributed by atoms with E-state index in [1.807, 2.05) is 13.8 Å². The molecular formula is C28H25F3N6O. The molecule has 5 rings (SSSR count). The van der Waals surface area contributed by atoms with Crippen LogP contribution in [0.4, 0.5) is 19.1 Å². The van der Waals surface area contributed by atoms with Crippen molar-refractivity contribution in [1.82, 2.24) is 24.1 Å². The van der Waals surface area contributed by atoms with Gasteiger partial charge in [-0.15, -0.1) is 5.10 Å². The number of fused-ring (bicyclic) bond motifs is 1. The van der Waals surface area contributed by atoms with Crippen molar-refractivity contribution >= 4 is 11.6 Å². The largest absolute Gasteiger partial charge is 0.368 e. The molecule has 3 heterocycles. The molecule has 0 aliphatic heterocycles. The molecule has 0 aliphatic rings. The van der Waals surface area contributed by atoms with Crippen LogP contribution in [0.1, 0.15) is 44.1 Å². The second-order valence-electron chi connectivity index (χ2n) is 8.97. The first-order valence-corrected chi connectivity index (χ1v) is 12.3. The predicted molar refractivity (Wildman–Crippen MR) is 139 cm³/mol. The van der Waals surface area contributed by atoms with E-state index in [1.165, 1.54) is 40.9 Å². The van der Waals surface area contributed by atoms with E-state index in [-0.39, 0.29) is 35.4 Å². The third kappa shape index (κ3) is 4.53. The summed E-state index contributed by atoms with van der Waals surface area (Å²) in [7, 11) is 0. The number of nitrogens with two attached hydrogens (primary N) is 1. The Hall–Kier alpha value is -4.47. The van der Waals surface area contributed by atoms with Crippen molar-refractivity contribution in [3.05, 3.63) is 100.0 Å². The summed E-state index contributed by atoms with van der Waals surface area (Å²) in [6.07, 6.45) is 3.04. The fourth-order valence-corrected chi connectivity index (χ4v) is 4.64. The molecule has 0 aliphatic carbocycles. The van der Waals surface area contributed by atoms with Crippen LogP contribution >= 0.6 is 0 Å². The number of hydrogen-bond acceptors (Lipinski definition) is 5. The van der Waals surface area contributed by atoms with Gasteiger partial charge in [-0.25, -0.2) is 23.1 Å². The van der Waals surface area contributed by atoms with Gasteiger partial charge in [0.25, 0.3) is 5.56 Å². The molecule has 38 heavy (non-hydrogen) atoms. The van der Waals surface area contributed by atoms with Gasteiger partial charge in [0.15, 0.2) is 11.5 Å². The lowest BCUT2D eigenvalue weighted by Crippen LogP contribution is -2.23. The second kappa shape index (κ2) is 10.1. The Kier molecular flexibility index (Phi) is 6.71. The van der Waals surface area contributed by atoms with Gasteiger partial charge in [0, 0.05) is 41.4 Å². The van der Waals surface area contributed by atoms with E-state index in [4.69, 9.17) is 5.73 Å². The molecule has 0 saturated carbocycles. The third-order valence-electron chi connectivity index (χ3n) is 6.63. The van der Waals surface area contributed by atoms with Gasteiger partial charge in [-0.2, -0.15) is 4.52 Å². The molecule has 5 aromatic rings. The number of rotatable bonds is 7. The van der Waals surface area contributed by atoms with Gasteiger partial charge in [0.1, 0.15) is 17.5 Å². The summed E-state index contributed by atoms with van der Waals surface area (Å²) in [6.45, 7) is 4.01. The zero-order valence-electron chi connectivity index (χ0n) is 20.8. The van der Waals surface area contributed by atoms with E-state index in [9.17, 15) is 18.0 Å². The maximum Gasteiger partial charge on any atom is 0.250 e. The van der Waals surface area contributed by atoms with Crippen LogP contribution in [0.2, 0.25) is 0 Å². The number of nitrogen functional groups attached to an aromatic ring is 1. The Morgan fingerprint density at radius 3 is 2.21 bits per heavy atom. The zero-order valence-corrected chi connectivity index (χ0v) is 20.8. The summed E-state index contributed by atoms with van der Waals surface area (Å²) in [4.78, 5) is 21.9. The van der Waals surface area contributed by atoms with E-state index in [0.29, 0.717) is 28.0 Å². The fourth-order valence-electron chi connectivity index (χ4n) is 4.64. The second-order valence-corrected chi connectivity index (χ2v) is 8.97. The highest BCUT2D eigenvalue weighted by atomic mass is 19.1. The molecule has 2 aromatic carbocycles. The molecule has 0 fully saturated rings. The predicted octanol–water partition coefficient (Wildman–Crippen LogP) is 5.57. The summed E-state index contributed by atoms with van der Waals surface area (Å²) in [5, 5.41) is 4.39. The highest BCUT2D eigenvalue weighted by Crippen LogP contribution is 2.35. The Morgan fingerprint density at radius 2 is 1.55 bits per heavy atom. The maximum atomic E-state index is 14.4. The molecule has 0 saturated heterocycles. The van der Waals surface area contributed by atoms with E-state index >= 15 is 0 Å². The summed E-state index contributed by atoms with van der Waals surface area (Å²) in [6, 6.07) is 12.5. The third-order valence-corrected chi connectivity index (χ3v) is 6.63. The van der Waals surface area contributed by atoms with E-state index < -0.39 is 17.5 Å². The van der Waals surface area contributed by atoms with Gasteiger partial charge in [-0.3, -0.25) is 4.79 Å². The molecule has 0 spiro atoms. The van der Waals surface area contributed by atoms with Crippen molar-refractivity contribution < 1.29 is 13.2 Å². The molecular weight excluding hydrogens is 493 g/mol. The summed E-state index contributed by atoms with van der Waals surface area (Å²) in [5.74, 6) is -1.71. The number of aromatic nitrogens is 5. The van der Waals surface area contributed by atoms with Gasteiger partial charge in [-0.1, -0.05) is 19.9 Å². The highest BCUT2D eigenvalue weighted by Gasteiger charge is 2.22. The number of anilines is 1. The Balaban J connectivity index is 1.77. The fraction of sp³-hybridized carbons (Fsp3) is 0.214. The van der Waals surface area contributed by atoms with Crippen LogP contribution in [0.3, 0.4) is 0 Å². The minimum atomic E-state index is -0.709. The van der Waals surface area contributed by atoms with Crippen LogP contribution in [0.5, 0.6) is 0 Å². The van der Waals surface area contributed by atoms with Gasteiger partial charge in [0.2, 0.25) is 5.95 Å². The van der Waals surface area contributed by atoms with Crippen molar-refractivity contribution in [3.63, 3.8) is 0 Å².